The van der Waals surface area contributed by atoms with Crippen molar-refractivity contribution in [2.24, 2.45) is 0 Å². The number of thiophene rings is 1. The average Bonchev–Trinajstić information content (AvgIpc) is 1.58. The molecular weight excluding hydrogens is 1260 g/mol. The third-order valence-corrected chi connectivity index (χ3v) is 24.2. The van der Waals surface area contributed by atoms with Crippen LogP contribution >= 0.6 is 11.3 Å². The van der Waals surface area contributed by atoms with Gasteiger partial charge in [-0.05, 0) is 184 Å². The number of fused-ring (bicyclic) bond motifs is 10. The lowest BCUT2D eigenvalue weighted by molar-refractivity contribution is 0.347. The Morgan fingerprint density at radius 3 is 1.42 bits per heavy atom. The molecule has 12 nitrogen and oxygen atoms in total. The minimum absolute atomic E-state index is 0.0305. The molecule has 101 heavy (non-hydrogen) atoms. The fourth-order valence-corrected chi connectivity index (χ4v) is 17.2. The molecule has 8 heterocycles. The van der Waals surface area contributed by atoms with Crippen LogP contribution in [0.15, 0.2) is 230 Å². The number of hydrogen-bond acceptors (Lipinski definition) is 12. The highest BCUT2D eigenvalue weighted by atomic mass is 32.1. The van der Waals surface area contributed by atoms with E-state index in [9.17, 15) is 0 Å². The molecule has 0 spiro atoms. The number of nitrogens with zero attached hydrogens (tertiary/aromatic N) is 11. The molecule has 0 N–H and O–H groups in total. The van der Waals surface area contributed by atoms with Crippen LogP contribution in [-0.4, -0.2) is 90.3 Å². The molecule has 0 radical (unpaired) electrons. The molecule has 518 valence electrons. The molecule has 13 heteroatoms. The molecule has 18 rings (SSSR count). The van der Waals surface area contributed by atoms with Gasteiger partial charge in [0.05, 0.1) is 11.4 Å². The zero-order valence-corrected chi connectivity index (χ0v) is 63.3. The summed E-state index contributed by atoms with van der Waals surface area (Å²) in [5.74, 6) is 0.944. The highest BCUT2D eigenvalue weighted by molar-refractivity contribution is 7.23. The smallest absolute Gasteiger partial charge is 0.205 e. The van der Waals surface area contributed by atoms with Gasteiger partial charge in [-0.15, -0.1) is 11.3 Å². The van der Waals surface area contributed by atoms with Crippen LogP contribution in [0.2, 0.25) is 0 Å². The zero-order chi connectivity index (χ0) is 71.2. The predicted octanol–water partition coefficient (Wildman–Crippen LogP) is 20.8. The molecule has 0 bridgehead atoms. The van der Waals surface area contributed by atoms with Crippen LogP contribution in [0.1, 0.15) is 113 Å². The fraction of sp³-hybridized carbons (Fsp3) is 0.295. The molecule has 0 saturated heterocycles. The van der Waals surface area contributed by atoms with Gasteiger partial charge in [0.2, 0.25) is 5.88 Å². The normalized spacial score (nSPS) is 19.7. The number of aryl methyl sites for hydroxylation is 5. The molecule has 0 amide bonds. The molecule has 11 aromatic rings. The largest absolute Gasteiger partial charge is 0.440 e. The van der Waals surface area contributed by atoms with Crippen LogP contribution < -0.4 is 29.5 Å². The molecule has 3 aromatic heterocycles. The van der Waals surface area contributed by atoms with Gasteiger partial charge in [-0.3, -0.25) is 14.6 Å². The maximum atomic E-state index is 5.95. The van der Waals surface area contributed by atoms with Crippen LogP contribution in [0.5, 0.6) is 0 Å². The Morgan fingerprint density at radius 2 is 0.861 bits per heavy atom. The van der Waals surface area contributed by atoms with E-state index in [-0.39, 0.29) is 10.8 Å². The highest BCUT2D eigenvalue weighted by Gasteiger charge is 2.40. The summed E-state index contributed by atoms with van der Waals surface area (Å²) in [6, 6.07) is 61.3. The summed E-state index contributed by atoms with van der Waals surface area (Å²) < 4.78 is 9.55. The van der Waals surface area contributed by atoms with Crippen molar-refractivity contribution >= 4 is 76.8 Å². The number of para-hydroxylation sites is 3. The first-order valence-corrected chi connectivity index (χ1v) is 36.6. The van der Waals surface area contributed by atoms with E-state index in [1.54, 1.807) is 0 Å². The van der Waals surface area contributed by atoms with Gasteiger partial charge in [0.25, 0.3) is 0 Å². The first-order valence-electron chi connectivity index (χ1n) is 35.8. The van der Waals surface area contributed by atoms with E-state index < -0.39 is 0 Å². The van der Waals surface area contributed by atoms with Crippen LogP contribution in [0.3, 0.4) is 0 Å². The number of aromatic nitrogens is 1. The molecule has 0 fully saturated rings. The second-order valence-corrected chi connectivity index (χ2v) is 30.5. The quantitative estimate of drug-likeness (QED) is 0.166. The number of rotatable bonds is 5. The van der Waals surface area contributed by atoms with Gasteiger partial charge < -0.3 is 43.6 Å². The predicted molar refractivity (Wildman–Crippen MR) is 429 cm³/mol. The second-order valence-electron chi connectivity index (χ2n) is 29.5. The monoisotopic (exact) mass is 1360 g/mol. The lowest BCUT2D eigenvalue weighted by atomic mass is 9.82. The number of benzene rings is 8. The van der Waals surface area contributed by atoms with Crippen LogP contribution in [0, 0.1) is 34.6 Å². The van der Waals surface area contributed by atoms with Gasteiger partial charge in [-0.25, -0.2) is 0 Å². The van der Waals surface area contributed by atoms with Crippen molar-refractivity contribution in [2.45, 2.75) is 139 Å². The van der Waals surface area contributed by atoms with E-state index in [1.807, 2.05) is 29.5 Å². The van der Waals surface area contributed by atoms with E-state index in [1.165, 1.54) is 126 Å². The molecule has 0 unspecified atom stereocenters. The van der Waals surface area contributed by atoms with Gasteiger partial charge in [0, 0.05) is 145 Å². The molecule has 5 atom stereocenters. The van der Waals surface area contributed by atoms with Crippen LogP contribution in [0.4, 0.5) is 33.6 Å². The summed E-state index contributed by atoms with van der Waals surface area (Å²) in [6.45, 7) is 31.5. The van der Waals surface area contributed by atoms with Crippen LogP contribution in [-0.2, 0) is 10.8 Å². The summed E-state index contributed by atoms with van der Waals surface area (Å²) >= 11 is 1.87. The Balaban J connectivity index is 0.000000109. The Morgan fingerprint density at radius 1 is 0.386 bits per heavy atom. The minimum atomic E-state index is 0.0305. The Labute approximate surface area is 603 Å². The van der Waals surface area contributed by atoms with Crippen LogP contribution in [0.25, 0.3) is 54.1 Å². The number of anilines is 6. The number of furan rings is 1. The summed E-state index contributed by atoms with van der Waals surface area (Å²) in [6.07, 6.45) is 20.9. The van der Waals surface area contributed by atoms with Crippen molar-refractivity contribution in [3.05, 3.63) is 276 Å². The third kappa shape index (κ3) is 11.6. The SMILES string of the molecule is Cc1c(N2C=CN(C)[C@@H]2C)oc2ccccc12.Cc1c(N2C=CN(C)[C@@H]2C)sc2ccccc12.Cc1c2ccccc2cn1N1C=CN(C)[C@@H]1C.Cc1cc2c(cc1N1C=CN(C)[C@@H]1C)C(C)(C)c1ccccc1-2.Cc1cc2c(cc1N1c3ccccc3N(C)[C@@H]1C)C(C)(C)c1ccccc1-2. The van der Waals surface area contributed by atoms with Crippen molar-refractivity contribution < 1.29 is 4.42 Å². The van der Waals surface area contributed by atoms with Crippen molar-refractivity contribution in [1.29, 1.82) is 0 Å². The fourth-order valence-electron chi connectivity index (χ4n) is 15.9. The van der Waals surface area contributed by atoms with Crippen molar-refractivity contribution in [3.63, 3.8) is 0 Å². The molecule has 8 aromatic carbocycles. The van der Waals surface area contributed by atoms with E-state index in [2.05, 4.69) is 393 Å². The first-order chi connectivity index (χ1) is 48.4. The number of hydrogen-bond donors (Lipinski definition) is 0. The maximum absolute atomic E-state index is 5.95. The Kier molecular flexibility index (Phi) is 17.7. The Hall–Kier alpha value is -10.2. The minimum Gasteiger partial charge on any atom is -0.440 e. The molecular formula is C88H99N11OS. The molecule has 2 aliphatic carbocycles. The van der Waals surface area contributed by atoms with Gasteiger partial charge in [-0.2, -0.15) is 0 Å². The van der Waals surface area contributed by atoms with Gasteiger partial charge in [0.1, 0.15) is 41.4 Å². The topological polar surface area (TPSA) is 50.5 Å². The molecule has 0 saturated carbocycles. The zero-order valence-electron chi connectivity index (χ0n) is 62.5. The van der Waals surface area contributed by atoms with Gasteiger partial charge >= 0.3 is 0 Å². The molecule has 5 aliphatic heterocycles. The van der Waals surface area contributed by atoms with E-state index >= 15 is 0 Å². The van der Waals surface area contributed by atoms with Crippen molar-refractivity contribution in [3.8, 4) is 22.3 Å². The third-order valence-electron chi connectivity index (χ3n) is 22.9. The van der Waals surface area contributed by atoms with E-state index in [4.69, 9.17) is 4.42 Å². The first kappa shape index (κ1) is 67.9. The summed E-state index contributed by atoms with van der Waals surface area (Å²) in [4.78, 5) is 20.6. The van der Waals surface area contributed by atoms with Crippen molar-refractivity contribution in [1.82, 2.24) is 24.3 Å². The standard InChI is InChI=1S/C25H26N2.C21H24N2.C14H17N3.C14H16N2O.C14H16N2S/c1-16-14-19-18-10-6-7-11-20(18)25(3,4)21(19)15-24(16)27-17(2)26(5)22-12-8-9-13-23(22)27;1-14-12-17-16-8-6-7-9-18(16)21(3,4)19(17)13-20(14)23-11-10-22(5)15(23)2;1-11-14-7-5-4-6-13(14)10-17(11)16-9-8-15(3)12(16)2;2*1-10-12-6-4-5-7-13(12)17-14(10)16-9-8-15(3)11(16)2/h6-15,17H,1-5H3;6-13,15H,1-5H3;4-10,12H,1-3H3;2*4-9,11H,1-3H3/t17-;15-;12-;2*11-/m00000/s1. The maximum Gasteiger partial charge on any atom is 0.205 e. The van der Waals surface area contributed by atoms with E-state index in [0.717, 1.165) is 11.5 Å². The highest BCUT2D eigenvalue weighted by Crippen LogP contribution is 2.54. The van der Waals surface area contributed by atoms with Gasteiger partial charge in [0.15, 0.2) is 0 Å². The summed E-state index contributed by atoms with van der Waals surface area (Å²) in [7, 11) is 10.6. The summed E-state index contributed by atoms with van der Waals surface area (Å²) in [5, 5.41) is 8.79. The second kappa shape index (κ2) is 26.4. The van der Waals surface area contributed by atoms with Gasteiger partial charge in [-0.1, -0.05) is 149 Å². The molecule has 7 aliphatic rings. The van der Waals surface area contributed by atoms with Crippen molar-refractivity contribution in [2.75, 3.05) is 64.7 Å². The van der Waals surface area contributed by atoms with E-state index in [0.29, 0.717) is 30.8 Å². The lowest BCUT2D eigenvalue weighted by Crippen LogP contribution is -2.40. The Bertz CT molecular complexity index is 4830. The summed E-state index contributed by atoms with van der Waals surface area (Å²) in [5.41, 5.74) is 24.1. The lowest BCUT2D eigenvalue weighted by Gasteiger charge is -2.31. The average molecular weight is 1360 g/mol.